The molecule has 2 aromatic rings. The predicted octanol–water partition coefficient (Wildman–Crippen LogP) is 2.75. The number of nitrogens with one attached hydrogen (secondary N) is 1. The molecule has 0 saturated carbocycles. The zero-order valence-electron chi connectivity index (χ0n) is 14.8. The summed E-state index contributed by atoms with van der Waals surface area (Å²) in [5, 5.41) is 2.89. The van der Waals surface area contributed by atoms with Crippen molar-refractivity contribution in [3.8, 4) is 5.88 Å². The van der Waals surface area contributed by atoms with E-state index in [1.54, 1.807) is 6.20 Å². The smallest absolute Gasteiger partial charge is 0.322 e. The molecular formula is C18H23N5O2. The number of nitrogens with zero attached hydrogens (tertiary/aromatic N) is 4. The van der Waals surface area contributed by atoms with E-state index in [2.05, 4.69) is 46.3 Å². The lowest BCUT2D eigenvalue weighted by atomic mass is 10.1. The van der Waals surface area contributed by atoms with Crippen molar-refractivity contribution in [3.05, 3.63) is 42.4 Å². The molecule has 7 heteroatoms. The number of methoxy groups -OCH3 is 1. The van der Waals surface area contributed by atoms with Gasteiger partial charge in [0, 0.05) is 25.8 Å². The summed E-state index contributed by atoms with van der Waals surface area (Å²) in [7, 11) is 3.58. The number of rotatable bonds is 3. The van der Waals surface area contributed by atoms with Crippen molar-refractivity contribution in [2.75, 3.05) is 30.9 Å². The number of carbonyl (C=O) groups is 1. The highest BCUT2D eigenvalue weighted by molar-refractivity contribution is 5.90. The number of hydrogen-bond donors (Lipinski definition) is 1. The predicted molar refractivity (Wildman–Crippen MR) is 96.9 cm³/mol. The first kappa shape index (κ1) is 17.0. The third kappa shape index (κ3) is 3.50. The third-order valence-electron chi connectivity index (χ3n) is 4.51. The summed E-state index contributed by atoms with van der Waals surface area (Å²) < 4.78 is 5.19. The summed E-state index contributed by atoms with van der Waals surface area (Å²) in [6.07, 6.45) is 3.80. The van der Waals surface area contributed by atoms with Gasteiger partial charge in [-0.3, -0.25) is 0 Å². The molecule has 25 heavy (non-hydrogen) atoms. The maximum absolute atomic E-state index is 13.0. The highest BCUT2D eigenvalue weighted by atomic mass is 16.5. The van der Waals surface area contributed by atoms with Crippen LogP contribution >= 0.6 is 0 Å². The Balaban J connectivity index is 1.87. The lowest BCUT2D eigenvalue weighted by Gasteiger charge is -2.30. The molecule has 0 bridgehead atoms. The number of carbonyl (C=O) groups excluding carboxylic acids is 1. The first-order valence-electron chi connectivity index (χ1n) is 8.34. The fraction of sp³-hybridized carbons (Fsp3) is 0.389. The molecule has 0 spiro atoms. The second kappa shape index (κ2) is 7.38. The molecule has 0 aliphatic carbocycles. The van der Waals surface area contributed by atoms with Crippen LogP contribution in [-0.4, -0.2) is 47.6 Å². The molecule has 0 fully saturated rings. The monoisotopic (exact) mass is 341 g/mol. The maximum Gasteiger partial charge on any atom is 0.322 e. The number of aromatic nitrogens is 2. The lowest BCUT2D eigenvalue weighted by molar-refractivity contribution is 0.185. The summed E-state index contributed by atoms with van der Waals surface area (Å²) in [6.45, 7) is 3.44. The van der Waals surface area contributed by atoms with E-state index in [4.69, 9.17) is 4.74 Å². The number of benzene rings is 1. The van der Waals surface area contributed by atoms with E-state index in [1.807, 2.05) is 17.0 Å². The molecule has 132 valence electrons. The summed E-state index contributed by atoms with van der Waals surface area (Å²) in [4.78, 5) is 25.0. The molecule has 2 amide bonds. The van der Waals surface area contributed by atoms with Crippen molar-refractivity contribution in [1.82, 2.24) is 14.9 Å². The molecule has 3 rings (SSSR count). The topological polar surface area (TPSA) is 70.6 Å². The van der Waals surface area contributed by atoms with Crippen molar-refractivity contribution in [2.45, 2.75) is 25.9 Å². The Morgan fingerprint density at radius 1 is 1.40 bits per heavy atom. The standard InChI is InChI=1S/C18H23N5O2/c1-4-14-11-22(2)16-8-6-5-7-13(16)10-23(14)18(24)21-15-9-19-12-20-17(15)25-3/h5-9,12,14H,4,10-11H2,1-3H3,(H,21,24). The largest absolute Gasteiger partial charge is 0.479 e. The number of likely N-dealkylation sites (N-methyl/N-ethyl adjacent to an activating group) is 1. The number of anilines is 2. The molecule has 7 nitrogen and oxygen atoms in total. The highest BCUT2D eigenvalue weighted by Crippen LogP contribution is 2.28. The third-order valence-corrected chi connectivity index (χ3v) is 4.51. The van der Waals surface area contributed by atoms with Crippen molar-refractivity contribution < 1.29 is 9.53 Å². The van der Waals surface area contributed by atoms with E-state index >= 15 is 0 Å². The number of amides is 2. The molecule has 0 radical (unpaired) electrons. The minimum absolute atomic E-state index is 0.105. The minimum Gasteiger partial charge on any atom is -0.479 e. The van der Waals surface area contributed by atoms with Crippen LogP contribution in [0.4, 0.5) is 16.2 Å². The Morgan fingerprint density at radius 3 is 2.96 bits per heavy atom. The zero-order valence-corrected chi connectivity index (χ0v) is 14.8. The van der Waals surface area contributed by atoms with E-state index in [-0.39, 0.29) is 12.1 Å². The first-order valence-corrected chi connectivity index (χ1v) is 8.34. The van der Waals surface area contributed by atoms with Gasteiger partial charge in [-0.2, -0.15) is 4.98 Å². The Labute approximate surface area is 147 Å². The summed E-state index contributed by atoms with van der Waals surface area (Å²) in [6, 6.07) is 8.12. The van der Waals surface area contributed by atoms with Gasteiger partial charge in [0.1, 0.15) is 12.0 Å². The Hall–Kier alpha value is -2.83. The van der Waals surface area contributed by atoms with E-state index in [0.29, 0.717) is 18.1 Å². The molecular weight excluding hydrogens is 318 g/mol. The number of ether oxygens (including phenoxy) is 1. The van der Waals surface area contributed by atoms with Gasteiger partial charge in [0.25, 0.3) is 0 Å². The summed E-state index contributed by atoms with van der Waals surface area (Å²) >= 11 is 0. The molecule has 1 atom stereocenters. The highest BCUT2D eigenvalue weighted by Gasteiger charge is 2.29. The number of para-hydroxylation sites is 1. The minimum atomic E-state index is -0.176. The van der Waals surface area contributed by atoms with E-state index in [0.717, 1.165) is 24.2 Å². The van der Waals surface area contributed by atoms with Gasteiger partial charge in [-0.1, -0.05) is 25.1 Å². The van der Waals surface area contributed by atoms with Crippen LogP contribution in [0.1, 0.15) is 18.9 Å². The van der Waals surface area contributed by atoms with Crippen molar-refractivity contribution in [3.63, 3.8) is 0 Å². The zero-order chi connectivity index (χ0) is 17.8. The van der Waals surface area contributed by atoms with Crippen molar-refractivity contribution >= 4 is 17.4 Å². The van der Waals surface area contributed by atoms with Gasteiger partial charge in [0.2, 0.25) is 5.88 Å². The van der Waals surface area contributed by atoms with Gasteiger partial charge in [0.15, 0.2) is 0 Å². The van der Waals surface area contributed by atoms with E-state index in [9.17, 15) is 4.79 Å². The normalized spacial score (nSPS) is 16.8. The van der Waals surface area contributed by atoms with Crippen LogP contribution in [0.3, 0.4) is 0 Å². The van der Waals surface area contributed by atoms with E-state index < -0.39 is 0 Å². The second-order valence-electron chi connectivity index (χ2n) is 6.08. The van der Waals surface area contributed by atoms with Gasteiger partial charge in [-0.15, -0.1) is 0 Å². The molecule has 1 aliphatic heterocycles. The van der Waals surface area contributed by atoms with Crippen LogP contribution in [0.15, 0.2) is 36.8 Å². The van der Waals surface area contributed by atoms with Gasteiger partial charge in [-0.25, -0.2) is 9.78 Å². The molecule has 1 aromatic carbocycles. The van der Waals surface area contributed by atoms with Crippen molar-refractivity contribution in [2.24, 2.45) is 0 Å². The van der Waals surface area contributed by atoms with Gasteiger partial charge in [0.05, 0.1) is 19.3 Å². The van der Waals surface area contributed by atoms with Crippen LogP contribution in [0, 0.1) is 0 Å². The van der Waals surface area contributed by atoms with Gasteiger partial charge >= 0.3 is 6.03 Å². The Kier molecular flexibility index (Phi) is 5.02. The number of hydrogen-bond acceptors (Lipinski definition) is 5. The fourth-order valence-electron chi connectivity index (χ4n) is 3.18. The molecule has 1 N–H and O–H groups in total. The maximum atomic E-state index is 13.0. The average Bonchev–Trinajstić information content (AvgIpc) is 2.79. The van der Waals surface area contributed by atoms with Gasteiger partial charge in [-0.05, 0) is 18.1 Å². The van der Waals surface area contributed by atoms with Gasteiger partial charge < -0.3 is 19.9 Å². The molecule has 0 saturated heterocycles. The molecule has 1 aromatic heterocycles. The number of fused-ring (bicyclic) bond motifs is 1. The van der Waals surface area contributed by atoms with Crippen LogP contribution in [0.2, 0.25) is 0 Å². The van der Waals surface area contributed by atoms with Crippen LogP contribution in [-0.2, 0) is 6.54 Å². The fourth-order valence-corrected chi connectivity index (χ4v) is 3.18. The molecule has 2 heterocycles. The molecule has 1 unspecified atom stereocenters. The quantitative estimate of drug-likeness (QED) is 0.929. The average molecular weight is 341 g/mol. The summed E-state index contributed by atoms with van der Waals surface area (Å²) in [5.41, 5.74) is 2.76. The SMILES string of the molecule is CCC1CN(C)c2ccccc2CN1C(=O)Nc1cncnc1OC. The molecule has 1 aliphatic rings. The summed E-state index contributed by atoms with van der Waals surface area (Å²) in [5.74, 6) is 0.351. The van der Waals surface area contributed by atoms with Crippen LogP contribution in [0.25, 0.3) is 0 Å². The van der Waals surface area contributed by atoms with Crippen LogP contribution < -0.4 is 15.0 Å². The van der Waals surface area contributed by atoms with Crippen molar-refractivity contribution in [1.29, 1.82) is 0 Å². The Morgan fingerprint density at radius 2 is 2.20 bits per heavy atom. The Bertz CT molecular complexity index is 752. The second-order valence-corrected chi connectivity index (χ2v) is 6.08. The lowest BCUT2D eigenvalue weighted by Crippen LogP contribution is -2.45. The van der Waals surface area contributed by atoms with E-state index in [1.165, 1.54) is 13.4 Å². The number of urea groups is 1. The first-order chi connectivity index (χ1) is 12.1. The van der Waals surface area contributed by atoms with Crippen LogP contribution in [0.5, 0.6) is 5.88 Å².